The number of para-hydroxylation sites is 1. The summed E-state index contributed by atoms with van der Waals surface area (Å²) in [5, 5.41) is 16.4. The Kier molecular flexibility index (Phi) is 8.14. The third-order valence-corrected chi connectivity index (χ3v) is 8.29. The van der Waals surface area contributed by atoms with Gasteiger partial charge in [-0.25, -0.2) is 9.59 Å². The number of hydrogen-bond acceptors (Lipinski definition) is 7. The smallest absolute Gasteiger partial charge is 0.492 e. The van der Waals surface area contributed by atoms with Crippen LogP contribution in [0.5, 0.6) is 11.5 Å². The van der Waals surface area contributed by atoms with Gasteiger partial charge in [0.1, 0.15) is 23.0 Å². The van der Waals surface area contributed by atoms with Crippen LogP contribution in [0.15, 0.2) is 47.0 Å². The molecule has 2 unspecified atom stereocenters. The topological polar surface area (TPSA) is 123 Å². The number of piperidine rings is 1. The van der Waals surface area contributed by atoms with E-state index in [4.69, 9.17) is 14.0 Å². The highest BCUT2D eigenvalue weighted by Gasteiger charge is 2.44. The predicted molar refractivity (Wildman–Crippen MR) is 151 cm³/mol. The number of rotatable bonds is 10. The van der Waals surface area contributed by atoms with Crippen LogP contribution in [0.1, 0.15) is 73.0 Å². The molecule has 2 bridgehead atoms. The molecule has 3 aromatic rings. The molecule has 0 spiro atoms. The van der Waals surface area contributed by atoms with Crippen LogP contribution in [0.3, 0.4) is 0 Å². The van der Waals surface area contributed by atoms with Crippen LogP contribution in [0.25, 0.3) is 11.3 Å². The van der Waals surface area contributed by atoms with Gasteiger partial charge >= 0.3 is 18.4 Å². The highest BCUT2D eigenvalue weighted by atomic mass is 19.4. The summed E-state index contributed by atoms with van der Waals surface area (Å²) in [5.41, 5.74) is 1.51. The van der Waals surface area contributed by atoms with Gasteiger partial charge in [-0.15, -0.1) is 13.2 Å². The molecule has 2 atom stereocenters. The fourth-order valence-electron chi connectivity index (χ4n) is 6.22. The maximum Gasteiger partial charge on any atom is 0.573 e. The van der Waals surface area contributed by atoms with E-state index in [0.29, 0.717) is 36.5 Å². The van der Waals surface area contributed by atoms with Crippen molar-refractivity contribution < 1.29 is 46.6 Å². The largest absolute Gasteiger partial charge is 0.573 e. The molecule has 13 heteroatoms. The molecule has 2 saturated heterocycles. The lowest BCUT2D eigenvalue weighted by Gasteiger charge is -2.38. The summed E-state index contributed by atoms with van der Waals surface area (Å²) in [7, 11) is 0. The molecular formula is C31H32F3N3O7. The number of hydrogen-bond donors (Lipinski definition) is 2. The number of alkyl halides is 3. The SMILES string of the molecule is CCOc1cc(C(=O)O)ccc1NC(=O)N1C2CCC1CC(OCc1c(-c3ccccc3OC(F)(F)F)noc1C1CC1)C2. The second kappa shape index (κ2) is 12.0. The van der Waals surface area contributed by atoms with Gasteiger partial charge in [-0.2, -0.15) is 0 Å². The molecule has 3 heterocycles. The molecule has 234 valence electrons. The summed E-state index contributed by atoms with van der Waals surface area (Å²) < 4.78 is 61.2. The second-order valence-electron chi connectivity index (χ2n) is 11.3. The van der Waals surface area contributed by atoms with Crippen LogP contribution < -0.4 is 14.8 Å². The van der Waals surface area contributed by atoms with Crippen molar-refractivity contribution in [3.8, 4) is 22.8 Å². The van der Waals surface area contributed by atoms with Gasteiger partial charge in [-0.1, -0.05) is 17.3 Å². The number of halogens is 3. The van der Waals surface area contributed by atoms with Crippen molar-refractivity contribution in [3.05, 3.63) is 59.4 Å². The van der Waals surface area contributed by atoms with E-state index in [-0.39, 0.29) is 65.1 Å². The molecule has 2 amide bonds. The fourth-order valence-corrected chi connectivity index (χ4v) is 6.22. The van der Waals surface area contributed by atoms with E-state index in [2.05, 4.69) is 15.2 Å². The number of carboxylic acid groups (broad SMARTS) is 1. The number of aromatic carboxylic acids is 1. The summed E-state index contributed by atoms with van der Waals surface area (Å²) in [6.45, 7) is 2.18. The summed E-state index contributed by atoms with van der Waals surface area (Å²) in [5.74, 6) is -0.395. The van der Waals surface area contributed by atoms with E-state index in [1.54, 1.807) is 13.0 Å². The Morgan fingerprint density at radius 1 is 1.07 bits per heavy atom. The molecule has 2 aliphatic heterocycles. The number of fused-ring (bicyclic) bond motifs is 2. The van der Waals surface area contributed by atoms with Gasteiger partial charge in [0.25, 0.3) is 0 Å². The number of amides is 2. The van der Waals surface area contributed by atoms with Crippen molar-refractivity contribution in [2.24, 2.45) is 0 Å². The highest BCUT2D eigenvalue weighted by molar-refractivity contribution is 5.94. The average Bonchev–Trinajstić information content (AvgIpc) is 3.67. The predicted octanol–water partition coefficient (Wildman–Crippen LogP) is 6.96. The first-order chi connectivity index (χ1) is 21.1. The summed E-state index contributed by atoms with van der Waals surface area (Å²) in [4.78, 5) is 26.6. The normalized spacial score (nSPS) is 21.3. The second-order valence-corrected chi connectivity index (χ2v) is 11.3. The van der Waals surface area contributed by atoms with E-state index >= 15 is 0 Å². The van der Waals surface area contributed by atoms with E-state index in [1.807, 2.05) is 4.90 Å². The van der Waals surface area contributed by atoms with Gasteiger partial charge in [-0.3, -0.25) is 0 Å². The van der Waals surface area contributed by atoms with Gasteiger partial charge in [0.05, 0.1) is 30.6 Å². The third-order valence-electron chi connectivity index (χ3n) is 8.29. The van der Waals surface area contributed by atoms with E-state index in [9.17, 15) is 27.9 Å². The van der Waals surface area contributed by atoms with E-state index in [0.717, 1.165) is 25.7 Å². The first-order valence-corrected chi connectivity index (χ1v) is 14.7. The zero-order valence-corrected chi connectivity index (χ0v) is 23.9. The summed E-state index contributed by atoms with van der Waals surface area (Å²) in [6, 6.07) is 9.73. The van der Waals surface area contributed by atoms with Crippen molar-refractivity contribution in [1.29, 1.82) is 0 Å². The number of carbonyl (C=O) groups is 2. The number of urea groups is 1. The molecule has 2 N–H and O–H groups in total. The number of anilines is 1. The first kappa shape index (κ1) is 29.8. The Morgan fingerprint density at radius 2 is 1.80 bits per heavy atom. The van der Waals surface area contributed by atoms with Crippen molar-refractivity contribution in [2.45, 2.75) is 82.5 Å². The first-order valence-electron chi connectivity index (χ1n) is 14.7. The Labute approximate surface area is 251 Å². The van der Waals surface area contributed by atoms with Crippen LogP contribution in [-0.4, -0.2) is 58.3 Å². The third kappa shape index (κ3) is 6.33. The average molecular weight is 616 g/mol. The zero-order valence-electron chi connectivity index (χ0n) is 23.9. The standard InChI is InChI=1S/C31H32F3N3O7/c1-2-41-26-13-18(29(38)39)9-12-24(26)35-30(40)37-19-10-11-20(37)15-21(14-19)42-16-23-27(36-44-28(23)17-7-8-17)22-5-3-4-6-25(22)43-31(32,33)34/h3-6,9,12-13,17,19-21H,2,7-8,10-11,14-16H2,1H3,(H,35,40)(H,38,39). The quantitative estimate of drug-likeness (QED) is 0.251. The van der Waals surface area contributed by atoms with Gasteiger partial charge in [0.2, 0.25) is 0 Å². The number of nitrogens with zero attached hydrogens (tertiary/aromatic N) is 2. The van der Waals surface area contributed by atoms with Gasteiger partial charge in [-0.05, 0) is 75.8 Å². The minimum Gasteiger partial charge on any atom is -0.492 e. The van der Waals surface area contributed by atoms with Gasteiger partial charge in [0.15, 0.2) is 0 Å². The number of aromatic nitrogens is 1. The monoisotopic (exact) mass is 615 g/mol. The molecular weight excluding hydrogens is 583 g/mol. The molecule has 6 rings (SSSR count). The number of benzene rings is 2. The fraction of sp³-hybridized carbons (Fsp3) is 0.452. The van der Waals surface area contributed by atoms with E-state index in [1.165, 1.54) is 36.4 Å². The van der Waals surface area contributed by atoms with Crippen LogP contribution >= 0.6 is 0 Å². The number of carbonyl (C=O) groups excluding carboxylic acids is 1. The number of carboxylic acids is 1. The lowest BCUT2D eigenvalue weighted by atomic mass is 9.99. The zero-order chi connectivity index (χ0) is 31.0. The van der Waals surface area contributed by atoms with Crippen molar-refractivity contribution in [3.63, 3.8) is 0 Å². The molecule has 3 aliphatic rings. The lowest BCUT2D eigenvalue weighted by Crippen LogP contribution is -2.50. The molecule has 2 aromatic carbocycles. The minimum absolute atomic E-state index is 0.0571. The maximum atomic E-state index is 13.4. The summed E-state index contributed by atoms with van der Waals surface area (Å²) >= 11 is 0. The Bertz CT molecular complexity index is 1520. The summed E-state index contributed by atoms with van der Waals surface area (Å²) in [6.07, 6.45) is -0.428. The molecule has 1 aromatic heterocycles. The maximum absolute atomic E-state index is 13.4. The van der Waals surface area contributed by atoms with Crippen LogP contribution in [0, 0.1) is 0 Å². The number of nitrogens with one attached hydrogen (secondary N) is 1. The van der Waals surface area contributed by atoms with Crippen molar-refractivity contribution >= 4 is 17.7 Å². The van der Waals surface area contributed by atoms with Crippen molar-refractivity contribution in [2.75, 3.05) is 11.9 Å². The molecule has 1 saturated carbocycles. The Balaban J connectivity index is 1.15. The van der Waals surface area contributed by atoms with Crippen molar-refractivity contribution in [1.82, 2.24) is 10.1 Å². The highest BCUT2D eigenvalue weighted by Crippen LogP contribution is 2.46. The molecule has 10 nitrogen and oxygen atoms in total. The van der Waals surface area contributed by atoms with E-state index < -0.39 is 12.3 Å². The molecule has 3 fully saturated rings. The van der Waals surface area contributed by atoms with Crippen LogP contribution in [-0.2, 0) is 11.3 Å². The lowest BCUT2D eigenvalue weighted by molar-refractivity contribution is -0.274. The molecule has 1 aliphatic carbocycles. The van der Waals surface area contributed by atoms with Gasteiger partial charge in [0, 0.05) is 29.1 Å². The Morgan fingerprint density at radius 3 is 2.45 bits per heavy atom. The molecule has 44 heavy (non-hydrogen) atoms. The number of ether oxygens (including phenoxy) is 3. The Hall–Kier alpha value is -4.26. The van der Waals surface area contributed by atoms with Crippen LogP contribution in [0.2, 0.25) is 0 Å². The minimum atomic E-state index is -4.86. The van der Waals surface area contributed by atoms with Crippen LogP contribution in [0.4, 0.5) is 23.7 Å². The molecule has 0 radical (unpaired) electrons. The van der Waals surface area contributed by atoms with Gasteiger partial charge < -0.3 is 34.1 Å².